The zero-order chi connectivity index (χ0) is 13.1. The first-order valence-electron chi connectivity index (χ1n) is 6.20. The molecule has 0 N–H and O–H groups in total. The lowest BCUT2D eigenvalue weighted by molar-refractivity contribution is 0.112. The van der Waals surface area contributed by atoms with Crippen molar-refractivity contribution in [3.63, 3.8) is 0 Å². The van der Waals surface area contributed by atoms with Crippen LogP contribution in [0.3, 0.4) is 0 Å². The minimum absolute atomic E-state index is 0.562. The normalized spacial score (nSPS) is 19.3. The lowest BCUT2D eigenvalue weighted by Crippen LogP contribution is -2.31. The number of carbonyl (C=O) groups excluding carboxylic acids is 1. The molecule has 0 aromatic heterocycles. The fraction of sp³-hybridized carbons (Fsp3) is 0.500. The summed E-state index contributed by atoms with van der Waals surface area (Å²) in [7, 11) is 5.81. The number of rotatable bonds is 4. The summed E-state index contributed by atoms with van der Waals surface area (Å²) < 4.78 is 5.15. The van der Waals surface area contributed by atoms with Gasteiger partial charge in [-0.2, -0.15) is 0 Å². The number of hydrogen-bond donors (Lipinski definition) is 0. The van der Waals surface area contributed by atoms with E-state index in [0.717, 1.165) is 37.2 Å². The molecule has 98 valence electrons. The predicted octanol–water partition coefficient (Wildman–Crippen LogP) is 1.65. The average molecular weight is 248 g/mol. The molecule has 0 bridgehead atoms. The van der Waals surface area contributed by atoms with Gasteiger partial charge in [0.1, 0.15) is 5.75 Å². The second-order valence-electron chi connectivity index (χ2n) is 4.89. The lowest BCUT2D eigenvalue weighted by atomic mass is 10.1. The molecule has 4 nitrogen and oxygen atoms in total. The lowest BCUT2D eigenvalue weighted by Gasteiger charge is -2.23. The van der Waals surface area contributed by atoms with Crippen LogP contribution < -0.4 is 9.64 Å². The van der Waals surface area contributed by atoms with Crippen LogP contribution >= 0.6 is 0 Å². The monoisotopic (exact) mass is 248 g/mol. The standard InChI is InChI=1S/C14H20N2O2/c1-15(2)12-6-7-16(9-12)14-5-4-13(18-3)8-11(14)10-17/h4-5,8,10,12H,6-7,9H2,1-3H3/t12-/m0/s1. The minimum atomic E-state index is 0.562. The first-order valence-corrected chi connectivity index (χ1v) is 6.20. The topological polar surface area (TPSA) is 32.8 Å². The smallest absolute Gasteiger partial charge is 0.152 e. The number of likely N-dealkylation sites (N-methyl/N-ethyl adjacent to an activating group) is 1. The molecule has 0 radical (unpaired) electrons. The van der Waals surface area contributed by atoms with Gasteiger partial charge in [-0.3, -0.25) is 4.79 Å². The van der Waals surface area contributed by atoms with Crippen LogP contribution in [0.15, 0.2) is 18.2 Å². The molecule has 1 fully saturated rings. The van der Waals surface area contributed by atoms with Gasteiger partial charge in [0.15, 0.2) is 6.29 Å². The highest BCUT2D eigenvalue weighted by Crippen LogP contribution is 2.28. The van der Waals surface area contributed by atoms with Crippen molar-refractivity contribution in [1.82, 2.24) is 4.90 Å². The number of benzene rings is 1. The van der Waals surface area contributed by atoms with E-state index in [9.17, 15) is 4.79 Å². The van der Waals surface area contributed by atoms with Crippen LogP contribution in [0.5, 0.6) is 5.75 Å². The Morgan fingerprint density at radius 2 is 2.22 bits per heavy atom. The highest BCUT2D eigenvalue weighted by atomic mass is 16.5. The zero-order valence-corrected chi connectivity index (χ0v) is 11.2. The van der Waals surface area contributed by atoms with Crippen molar-refractivity contribution < 1.29 is 9.53 Å². The Balaban J connectivity index is 2.21. The summed E-state index contributed by atoms with van der Waals surface area (Å²) in [5.74, 6) is 0.726. The Labute approximate surface area is 108 Å². The van der Waals surface area contributed by atoms with E-state index in [-0.39, 0.29) is 0 Å². The largest absolute Gasteiger partial charge is 0.497 e. The summed E-state index contributed by atoms with van der Waals surface area (Å²) in [6.07, 6.45) is 2.04. The highest BCUT2D eigenvalue weighted by Gasteiger charge is 2.25. The van der Waals surface area contributed by atoms with E-state index in [1.807, 2.05) is 12.1 Å². The molecule has 18 heavy (non-hydrogen) atoms. The molecule has 1 aromatic rings. The van der Waals surface area contributed by atoms with Crippen molar-refractivity contribution in [2.75, 3.05) is 39.2 Å². The van der Waals surface area contributed by atoms with Gasteiger partial charge in [-0.05, 0) is 38.7 Å². The maximum Gasteiger partial charge on any atom is 0.152 e. The SMILES string of the molecule is COc1ccc(N2CC[C@H](N(C)C)C2)c(C=O)c1. The van der Waals surface area contributed by atoms with Crippen molar-refractivity contribution in [2.45, 2.75) is 12.5 Å². The molecule has 1 aliphatic heterocycles. The Bertz CT molecular complexity index is 432. The molecule has 1 heterocycles. The molecular formula is C14H20N2O2. The van der Waals surface area contributed by atoms with E-state index in [1.54, 1.807) is 13.2 Å². The number of ether oxygens (including phenoxy) is 1. The summed E-state index contributed by atoms with van der Waals surface area (Å²) in [5.41, 5.74) is 1.71. The van der Waals surface area contributed by atoms with E-state index in [4.69, 9.17) is 4.74 Å². The predicted molar refractivity (Wildman–Crippen MR) is 72.7 cm³/mol. The van der Waals surface area contributed by atoms with Crippen molar-refractivity contribution in [3.05, 3.63) is 23.8 Å². The van der Waals surface area contributed by atoms with Crippen LogP contribution in [0, 0.1) is 0 Å². The van der Waals surface area contributed by atoms with E-state index < -0.39 is 0 Å². The third-order valence-corrected chi connectivity index (χ3v) is 3.60. The second kappa shape index (κ2) is 5.40. The van der Waals surface area contributed by atoms with Crippen molar-refractivity contribution in [2.24, 2.45) is 0 Å². The van der Waals surface area contributed by atoms with Crippen LogP contribution in [0.2, 0.25) is 0 Å². The molecule has 1 saturated heterocycles. The van der Waals surface area contributed by atoms with Crippen LogP contribution in [0.25, 0.3) is 0 Å². The maximum atomic E-state index is 11.2. The molecule has 1 aliphatic rings. The van der Waals surface area contributed by atoms with Crippen molar-refractivity contribution >= 4 is 12.0 Å². The Morgan fingerprint density at radius 1 is 1.44 bits per heavy atom. The quantitative estimate of drug-likeness (QED) is 0.759. The van der Waals surface area contributed by atoms with Gasteiger partial charge < -0.3 is 14.5 Å². The van der Waals surface area contributed by atoms with Gasteiger partial charge in [0.25, 0.3) is 0 Å². The van der Waals surface area contributed by atoms with Gasteiger partial charge >= 0.3 is 0 Å². The summed E-state index contributed by atoms with van der Waals surface area (Å²) in [4.78, 5) is 15.7. The zero-order valence-electron chi connectivity index (χ0n) is 11.2. The van der Waals surface area contributed by atoms with E-state index in [1.165, 1.54) is 0 Å². The highest BCUT2D eigenvalue weighted by molar-refractivity contribution is 5.85. The number of hydrogen-bond acceptors (Lipinski definition) is 4. The molecule has 4 heteroatoms. The van der Waals surface area contributed by atoms with Gasteiger partial charge in [-0.15, -0.1) is 0 Å². The second-order valence-corrected chi connectivity index (χ2v) is 4.89. The Kier molecular flexibility index (Phi) is 3.87. The number of methoxy groups -OCH3 is 1. The first-order chi connectivity index (χ1) is 8.65. The van der Waals surface area contributed by atoms with Gasteiger partial charge in [-0.1, -0.05) is 0 Å². The third-order valence-electron chi connectivity index (χ3n) is 3.60. The first kappa shape index (κ1) is 12.9. The van der Waals surface area contributed by atoms with Crippen LogP contribution in [-0.4, -0.2) is 51.5 Å². The molecule has 0 amide bonds. The average Bonchev–Trinajstić information content (AvgIpc) is 2.87. The summed E-state index contributed by atoms with van der Waals surface area (Å²) in [6.45, 7) is 1.97. The van der Waals surface area contributed by atoms with Gasteiger partial charge in [-0.25, -0.2) is 0 Å². The molecule has 0 saturated carbocycles. The van der Waals surface area contributed by atoms with Crippen LogP contribution in [0.4, 0.5) is 5.69 Å². The maximum absolute atomic E-state index is 11.2. The number of carbonyl (C=O) groups is 1. The van der Waals surface area contributed by atoms with Gasteiger partial charge in [0, 0.05) is 30.4 Å². The molecule has 1 atom stereocenters. The molecule has 1 aromatic carbocycles. The Hall–Kier alpha value is -1.55. The summed E-state index contributed by atoms with van der Waals surface area (Å²) in [6, 6.07) is 6.24. The molecule has 2 rings (SSSR count). The van der Waals surface area contributed by atoms with E-state index in [0.29, 0.717) is 11.6 Å². The molecule has 0 unspecified atom stereocenters. The van der Waals surface area contributed by atoms with E-state index in [2.05, 4.69) is 23.9 Å². The summed E-state index contributed by atoms with van der Waals surface area (Å²) in [5, 5.41) is 0. The number of nitrogens with zero attached hydrogens (tertiary/aromatic N) is 2. The van der Waals surface area contributed by atoms with Crippen LogP contribution in [0.1, 0.15) is 16.8 Å². The molecule has 0 aliphatic carbocycles. The summed E-state index contributed by atoms with van der Waals surface area (Å²) >= 11 is 0. The van der Waals surface area contributed by atoms with E-state index >= 15 is 0 Å². The minimum Gasteiger partial charge on any atom is -0.497 e. The number of aldehydes is 1. The molecular weight excluding hydrogens is 228 g/mol. The van der Waals surface area contributed by atoms with Gasteiger partial charge in [0.05, 0.1) is 7.11 Å². The van der Waals surface area contributed by atoms with Crippen LogP contribution in [-0.2, 0) is 0 Å². The number of anilines is 1. The Morgan fingerprint density at radius 3 is 2.78 bits per heavy atom. The molecule has 0 spiro atoms. The third kappa shape index (κ3) is 2.48. The fourth-order valence-electron chi connectivity index (χ4n) is 2.42. The van der Waals surface area contributed by atoms with Gasteiger partial charge in [0.2, 0.25) is 0 Å². The fourth-order valence-corrected chi connectivity index (χ4v) is 2.42. The van der Waals surface area contributed by atoms with Crippen molar-refractivity contribution in [3.8, 4) is 5.75 Å². The van der Waals surface area contributed by atoms with Crippen molar-refractivity contribution in [1.29, 1.82) is 0 Å².